The summed E-state index contributed by atoms with van der Waals surface area (Å²) in [4.78, 5) is 30.3. The van der Waals surface area contributed by atoms with Crippen molar-refractivity contribution < 1.29 is 14.0 Å². The van der Waals surface area contributed by atoms with Gasteiger partial charge in [0.15, 0.2) is 11.6 Å². The molecule has 4 rings (SSSR count). The summed E-state index contributed by atoms with van der Waals surface area (Å²) in [6.07, 6.45) is 5.42. The summed E-state index contributed by atoms with van der Waals surface area (Å²) >= 11 is 6.23. The van der Waals surface area contributed by atoms with E-state index in [4.69, 9.17) is 11.6 Å². The molecule has 1 fully saturated rings. The number of aromatic nitrogens is 3. The number of anilines is 1. The van der Waals surface area contributed by atoms with Gasteiger partial charge in [0.1, 0.15) is 5.69 Å². The molecule has 35 heavy (non-hydrogen) atoms. The predicted octanol–water partition coefficient (Wildman–Crippen LogP) is 4.37. The smallest absolute Gasteiger partial charge is 0.276 e. The van der Waals surface area contributed by atoms with E-state index in [-0.39, 0.29) is 22.4 Å². The van der Waals surface area contributed by atoms with Gasteiger partial charge in [-0.3, -0.25) is 14.3 Å². The first kappa shape index (κ1) is 24.4. The molecular formula is C26H25ClFN5O2. The zero-order valence-corrected chi connectivity index (χ0v) is 20.1. The van der Waals surface area contributed by atoms with Gasteiger partial charge < -0.3 is 10.2 Å². The summed E-state index contributed by atoms with van der Waals surface area (Å²) < 4.78 is 16.2. The van der Waals surface area contributed by atoms with Crippen LogP contribution in [0, 0.1) is 23.6 Å². The largest absolute Gasteiger partial charge is 0.343 e. The molecule has 0 atom stereocenters. The van der Waals surface area contributed by atoms with Gasteiger partial charge in [0.05, 0.1) is 11.2 Å². The third-order valence-electron chi connectivity index (χ3n) is 6.02. The summed E-state index contributed by atoms with van der Waals surface area (Å²) in [5, 5.41) is 6.89. The lowest BCUT2D eigenvalue weighted by Crippen LogP contribution is -2.37. The molecule has 0 saturated carbocycles. The second-order valence-corrected chi connectivity index (χ2v) is 8.83. The normalized spacial score (nSPS) is 13.7. The third-order valence-corrected chi connectivity index (χ3v) is 6.29. The van der Waals surface area contributed by atoms with Gasteiger partial charge in [0.25, 0.3) is 5.91 Å². The minimum Gasteiger partial charge on any atom is -0.343 e. The number of carbonyl (C=O) groups is 2. The highest BCUT2D eigenvalue weighted by Gasteiger charge is 2.23. The number of benzene rings is 1. The van der Waals surface area contributed by atoms with Gasteiger partial charge in [-0.15, -0.1) is 0 Å². The van der Waals surface area contributed by atoms with E-state index in [2.05, 4.69) is 27.2 Å². The zero-order chi connectivity index (χ0) is 24.8. The molecule has 3 aromatic rings. The van der Waals surface area contributed by atoms with Gasteiger partial charge in [-0.25, -0.2) is 9.37 Å². The highest BCUT2D eigenvalue weighted by Crippen LogP contribution is 2.23. The summed E-state index contributed by atoms with van der Waals surface area (Å²) in [6.45, 7) is 3.55. The summed E-state index contributed by atoms with van der Waals surface area (Å²) in [7, 11) is 0. The fraction of sp³-hybridized carbons (Fsp3) is 0.308. The van der Waals surface area contributed by atoms with Gasteiger partial charge in [-0.05, 0) is 43.4 Å². The van der Waals surface area contributed by atoms with E-state index in [0.717, 1.165) is 37.9 Å². The van der Waals surface area contributed by atoms with Crippen molar-refractivity contribution in [1.82, 2.24) is 19.7 Å². The molecule has 0 aliphatic carbocycles. The van der Waals surface area contributed by atoms with Crippen LogP contribution in [0.4, 0.5) is 10.2 Å². The van der Waals surface area contributed by atoms with Gasteiger partial charge >= 0.3 is 0 Å². The average Bonchev–Trinajstić information content (AvgIpc) is 3.24. The molecule has 0 bridgehead atoms. The first-order chi connectivity index (χ1) is 16.9. The number of aryl methyl sites for hydroxylation is 1. The molecule has 1 aliphatic heterocycles. The molecule has 1 N–H and O–H groups in total. The standard InChI is InChI=1S/C26H25ClFN5O2/c1-18(34)32-12-9-20(10-13-32)11-14-33-24(22(27)17-30-33)26(35)31-25-23(28)15-21(16-29-25)8-7-19-5-3-2-4-6-19/h2-6,15-17,20H,9-14H2,1H3,(H,29,31,35). The van der Waals surface area contributed by atoms with Crippen molar-refractivity contribution in [2.24, 2.45) is 5.92 Å². The van der Waals surface area contributed by atoms with Gasteiger partial charge in [0, 0.05) is 43.9 Å². The Morgan fingerprint density at radius 3 is 2.54 bits per heavy atom. The zero-order valence-electron chi connectivity index (χ0n) is 19.3. The van der Waals surface area contributed by atoms with Crippen molar-refractivity contribution in [1.29, 1.82) is 0 Å². The van der Waals surface area contributed by atoms with Crippen LogP contribution in [-0.2, 0) is 11.3 Å². The molecule has 2 aromatic heterocycles. The lowest BCUT2D eigenvalue weighted by atomic mass is 9.93. The Hall–Kier alpha value is -3.70. The molecule has 2 amide bonds. The Kier molecular flexibility index (Phi) is 7.78. The number of nitrogens with one attached hydrogen (secondary N) is 1. The highest BCUT2D eigenvalue weighted by atomic mass is 35.5. The summed E-state index contributed by atoms with van der Waals surface area (Å²) in [5.41, 5.74) is 1.35. The number of nitrogens with zero attached hydrogens (tertiary/aromatic N) is 4. The number of carbonyl (C=O) groups excluding carboxylic acids is 2. The first-order valence-corrected chi connectivity index (χ1v) is 11.8. The SMILES string of the molecule is CC(=O)N1CCC(CCn2ncc(Cl)c2C(=O)Nc2ncc(C#Cc3ccccc3)cc2F)CC1. The van der Waals surface area contributed by atoms with E-state index < -0.39 is 11.7 Å². The maximum atomic E-state index is 14.6. The molecule has 1 saturated heterocycles. The second-order valence-electron chi connectivity index (χ2n) is 8.43. The topological polar surface area (TPSA) is 80.1 Å². The van der Waals surface area contributed by atoms with Gasteiger partial charge in [-0.2, -0.15) is 5.10 Å². The van der Waals surface area contributed by atoms with E-state index in [1.54, 1.807) is 6.92 Å². The molecule has 0 radical (unpaired) electrons. The van der Waals surface area contributed by atoms with E-state index in [0.29, 0.717) is 18.0 Å². The van der Waals surface area contributed by atoms with E-state index in [1.807, 2.05) is 35.2 Å². The summed E-state index contributed by atoms with van der Waals surface area (Å²) in [5.74, 6) is 4.83. The molecule has 1 aromatic carbocycles. The van der Waals surface area contributed by atoms with Gasteiger partial charge in [0.2, 0.25) is 5.91 Å². The molecule has 3 heterocycles. The number of rotatable bonds is 5. The van der Waals surface area contributed by atoms with Crippen LogP contribution in [0.2, 0.25) is 5.02 Å². The highest BCUT2D eigenvalue weighted by molar-refractivity contribution is 6.34. The Morgan fingerprint density at radius 2 is 1.86 bits per heavy atom. The number of amides is 2. The third kappa shape index (κ3) is 6.25. The minimum absolute atomic E-state index is 0.0957. The number of pyridine rings is 1. The fourth-order valence-electron chi connectivity index (χ4n) is 4.03. The number of hydrogen-bond acceptors (Lipinski definition) is 4. The molecule has 0 spiro atoms. The van der Waals surface area contributed by atoms with Crippen LogP contribution >= 0.6 is 11.6 Å². The predicted molar refractivity (Wildman–Crippen MR) is 131 cm³/mol. The maximum absolute atomic E-state index is 14.6. The van der Waals surface area contributed by atoms with Crippen molar-refractivity contribution in [2.75, 3.05) is 18.4 Å². The van der Waals surface area contributed by atoms with Crippen LogP contribution in [0.1, 0.15) is 47.8 Å². The second kappa shape index (κ2) is 11.2. The average molecular weight is 494 g/mol. The lowest BCUT2D eigenvalue weighted by Gasteiger charge is -2.31. The van der Waals surface area contributed by atoms with Crippen LogP contribution in [0.3, 0.4) is 0 Å². The van der Waals surface area contributed by atoms with E-state index in [1.165, 1.54) is 23.1 Å². The number of piperidine rings is 1. The molecule has 0 unspecified atom stereocenters. The Labute approximate surface area is 208 Å². The van der Waals surface area contributed by atoms with Crippen LogP contribution < -0.4 is 5.32 Å². The van der Waals surface area contributed by atoms with Crippen molar-refractivity contribution >= 4 is 29.2 Å². The number of likely N-dealkylation sites (tertiary alicyclic amines) is 1. The van der Waals surface area contributed by atoms with Crippen LogP contribution in [0.5, 0.6) is 0 Å². The summed E-state index contributed by atoms with van der Waals surface area (Å²) in [6, 6.07) is 10.6. The van der Waals surface area contributed by atoms with E-state index in [9.17, 15) is 14.0 Å². The molecular weight excluding hydrogens is 469 g/mol. The molecule has 1 aliphatic rings. The Balaban J connectivity index is 1.39. The van der Waals surface area contributed by atoms with Crippen molar-refractivity contribution in [2.45, 2.75) is 32.7 Å². The first-order valence-electron chi connectivity index (χ1n) is 11.4. The quantitative estimate of drug-likeness (QED) is 0.535. The lowest BCUT2D eigenvalue weighted by molar-refractivity contribution is -0.130. The fourth-order valence-corrected chi connectivity index (χ4v) is 4.26. The van der Waals surface area contributed by atoms with Crippen LogP contribution in [-0.4, -0.2) is 44.6 Å². The van der Waals surface area contributed by atoms with E-state index >= 15 is 0 Å². The van der Waals surface area contributed by atoms with Crippen LogP contribution in [0.15, 0.2) is 48.8 Å². The van der Waals surface area contributed by atoms with Crippen molar-refractivity contribution in [3.05, 3.63) is 76.5 Å². The Bertz CT molecular complexity index is 1270. The monoisotopic (exact) mass is 493 g/mol. The number of halogens is 2. The minimum atomic E-state index is -0.697. The Morgan fingerprint density at radius 1 is 1.14 bits per heavy atom. The van der Waals surface area contributed by atoms with Gasteiger partial charge in [-0.1, -0.05) is 41.6 Å². The van der Waals surface area contributed by atoms with Crippen LogP contribution in [0.25, 0.3) is 0 Å². The molecule has 7 nitrogen and oxygen atoms in total. The molecule has 9 heteroatoms. The van der Waals surface area contributed by atoms with Crippen molar-refractivity contribution in [3.63, 3.8) is 0 Å². The molecule has 180 valence electrons. The number of hydrogen-bond donors (Lipinski definition) is 1. The van der Waals surface area contributed by atoms with Crippen molar-refractivity contribution in [3.8, 4) is 11.8 Å². The maximum Gasteiger partial charge on any atom is 0.276 e.